The number of hydrogen-bond donors (Lipinski definition) is 1. The maximum absolute atomic E-state index is 4.47. The fourth-order valence-electron chi connectivity index (χ4n) is 2.33. The van der Waals surface area contributed by atoms with Gasteiger partial charge in [-0.05, 0) is 22.3 Å². The molecule has 3 rings (SSSR count). The highest BCUT2D eigenvalue weighted by atomic mass is 33.1. The summed E-state index contributed by atoms with van der Waals surface area (Å²) in [6.45, 7) is 0. The summed E-state index contributed by atoms with van der Waals surface area (Å²) < 4.78 is 0. The molecule has 0 unspecified atom stereocenters. The van der Waals surface area contributed by atoms with Crippen molar-refractivity contribution in [3.63, 3.8) is 0 Å². The molecule has 0 radical (unpaired) electrons. The molecular formula is C18H14S2. The number of thiol groups is 1. The molecule has 0 spiro atoms. The van der Waals surface area contributed by atoms with E-state index in [0.717, 1.165) is 0 Å². The van der Waals surface area contributed by atoms with E-state index in [0.29, 0.717) is 0 Å². The van der Waals surface area contributed by atoms with Gasteiger partial charge in [0.1, 0.15) is 0 Å². The Morgan fingerprint density at radius 2 is 1.00 bits per heavy atom. The highest BCUT2D eigenvalue weighted by Crippen LogP contribution is 2.40. The lowest BCUT2D eigenvalue weighted by atomic mass is 9.99. The van der Waals surface area contributed by atoms with Crippen molar-refractivity contribution < 1.29 is 0 Å². The molecule has 98 valence electrons. The summed E-state index contributed by atoms with van der Waals surface area (Å²) in [6, 6.07) is 27.3. The average molecular weight is 294 g/mol. The number of hydrogen-bond acceptors (Lipinski definition) is 2. The summed E-state index contributed by atoms with van der Waals surface area (Å²) in [5.74, 6) is 0. The fraction of sp³-hybridized carbons (Fsp3) is 0. The van der Waals surface area contributed by atoms with Gasteiger partial charge in [0.2, 0.25) is 0 Å². The van der Waals surface area contributed by atoms with E-state index in [1.165, 1.54) is 37.9 Å². The van der Waals surface area contributed by atoms with Gasteiger partial charge < -0.3 is 0 Å². The standard InChI is InChI=1S/C18H14S2/c19-20-18-16(14-8-3-1-4-9-14)12-7-13-17(18)15-10-5-2-6-11-15/h1-13,19H. The maximum atomic E-state index is 4.47. The van der Waals surface area contributed by atoms with Crippen molar-refractivity contribution in [1.29, 1.82) is 0 Å². The monoisotopic (exact) mass is 294 g/mol. The van der Waals surface area contributed by atoms with Gasteiger partial charge in [-0.1, -0.05) is 89.7 Å². The van der Waals surface area contributed by atoms with E-state index in [-0.39, 0.29) is 0 Å². The minimum Gasteiger partial charge on any atom is -0.106 e. The van der Waals surface area contributed by atoms with Crippen LogP contribution >= 0.6 is 22.5 Å². The van der Waals surface area contributed by atoms with Crippen molar-refractivity contribution in [2.24, 2.45) is 0 Å². The van der Waals surface area contributed by atoms with Gasteiger partial charge in [0.15, 0.2) is 0 Å². The summed E-state index contributed by atoms with van der Waals surface area (Å²) in [6.07, 6.45) is 0. The normalized spacial score (nSPS) is 10.4. The topological polar surface area (TPSA) is 0 Å². The SMILES string of the molecule is SSc1c(-c2ccccc2)cccc1-c1ccccc1. The van der Waals surface area contributed by atoms with Crippen LogP contribution in [0.1, 0.15) is 0 Å². The Bertz CT molecular complexity index is 633. The minimum absolute atomic E-state index is 1.20. The largest absolute Gasteiger partial charge is 0.106 e. The molecule has 0 N–H and O–H groups in total. The lowest BCUT2D eigenvalue weighted by Gasteiger charge is -2.13. The molecule has 3 aromatic rings. The summed E-state index contributed by atoms with van der Waals surface area (Å²) in [4.78, 5) is 1.20. The first-order valence-corrected chi connectivity index (χ1v) is 8.32. The molecule has 0 saturated carbocycles. The second-order valence-electron chi connectivity index (χ2n) is 4.51. The van der Waals surface area contributed by atoms with Gasteiger partial charge in [0.25, 0.3) is 0 Å². The van der Waals surface area contributed by atoms with Gasteiger partial charge in [0.05, 0.1) is 0 Å². The molecule has 0 fully saturated rings. The highest BCUT2D eigenvalue weighted by molar-refractivity contribution is 8.68. The van der Waals surface area contributed by atoms with Crippen LogP contribution in [0.5, 0.6) is 0 Å². The predicted octanol–water partition coefficient (Wildman–Crippen LogP) is 5.96. The van der Waals surface area contributed by atoms with E-state index in [1.54, 1.807) is 0 Å². The molecule has 0 saturated heterocycles. The Hall–Kier alpha value is -1.64. The van der Waals surface area contributed by atoms with Crippen molar-refractivity contribution in [1.82, 2.24) is 0 Å². The zero-order valence-corrected chi connectivity index (χ0v) is 12.6. The third kappa shape index (κ3) is 2.62. The highest BCUT2D eigenvalue weighted by Gasteiger charge is 2.10. The zero-order chi connectivity index (χ0) is 13.8. The summed E-state index contributed by atoms with van der Waals surface area (Å²) in [5.41, 5.74) is 4.91. The molecule has 0 amide bonds. The van der Waals surface area contributed by atoms with Crippen LogP contribution in [-0.4, -0.2) is 0 Å². The van der Waals surface area contributed by atoms with Gasteiger partial charge in [-0.25, -0.2) is 0 Å². The van der Waals surface area contributed by atoms with Crippen LogP contribution in [0.3, 0.4) is 0 Å². The molecule has 0 aromatic heterocycles. The van der Waals surface area contributed by atoms with Crippen molar-refractivity contribution in [3.05, 3.63) is 78.9 Å². The van der Waals surface area contributed by atoms with E-state index in [9.17, 15) is 0 Å². The Morgan fingerprint density at radius 1 is 0.550 bits per heavy atom. The van der Waals surface area contributed by atoms with Crippen LogP contribution < -0.4 is 0 Å². The predicted molar refractivity (Wildman–Crippen MR) is 92.2 cm³/mol. The van der Waals surface area contributed by atoms with Crippen LogP contribution in [0.15, 0.2) is 83.8 Å². The lowest BCUT2D eigenvalue weighted by Crippen LogP contribution is -1.86. The molecule has 0 heterocycles. The zero-order valence-electron chi connectivity index (χ0n) is 10.9. The van der Waals surface area contributed by atoms with Crippen molar-refractivity contribution in [3.8, 4) is 22.3 Å². The second kappa shape index (κ2) is 6.21. The molecule has 2 heteroatoms. The molecule has 0 aliphatic rings. The molecule has 0 atom stereocenters. The maximum Gasteiger partial charge on any atom is 0.0337 e. The first-order valence-electron chi connectivity index (χ1n) is 6.45. The Balaban J connectivity index is 2.19. The fourth-order valence-corrected chi connectivity index (χ4v) is 3.48. The Kier molecular flexibility index (Phi) is 4.14. The lowest BCUT2D eigenvalue weighted by molar-refractivity contribution is 1.44. The van der Waals surface area contributed by atoms with Gasteiger partial charge in [-0.2, -0.15) is 0 Å². The third-order valence-corrected chi connectivity index (χ3v) is 4.45. The van der Waals surface area contributed by atoms with Crippen LogP contribution in [0, 0.1) is 0 Å². The van der Waals surface area contributed by atoms with E-state index in [2.05, 4.69) is 78.4 Å². The molecule has 0 aliphatic heterocycles. The van der Waals surface area contributed by atoms with E-state index in [1.807, 2.05) is 12.1 Å². The molecule has 0 aliphatic carbocycles. The number of benzene rings is 3. The van der Waals surface area contributed by atoms with Crippen LogP contribution in [0.2, 0.25) is 0 Å². The van der Waals surface area contributed by atoms with E-state index < -0.39 is 0 Å². The molecule has 0 nitrogen and oxygen atoms in total. The van der Waals surface area contributed by atoms with Gasteiger partial charge in [-0.15, -0.1) is 11.7 Å². The van der Waals surface area contributed by atoms with Crippen molar-refractivity contribution in [2.75, 3.05) is 0 Å². The quantitative estimate of drug-likeness (QED) is 0.459. The van der Waals surface area contributed by atoms with Crippen LogP contribution in [0.4, 0.5) is 0 Å². The second-order valence-corrected chi connectivity index (χ2v) is 5.64. The van der Waals surface area contributed by atoms with Gasteiger partial charge >= 0.3 is 0 Å². The van der Waals surface area contributed by atoms with Crippen LogP contribution in [0.25, 0.3) is 22.3 Å². The van der Waals surface area contributed by atoms with Crippen LogP contribution in [-0.2, 0) is 0 Å². The smallest absolute Gasteiger partial charge is 0.0337 e. The summed E-state index contributed by atoms with van der Waals surface area (Å²) in [7, 11) is 1.51. The van der Waals surface area contributed by atoms with Crippen molar-refractivity contribution in [2.45, 2.75) is 4.90 Å². The van der Waals surface area contributed by atoms with Crippen molar-refractivity contribution >= 4 is 22.5 Å². The molecule has 3 aromatic carbocycles. The average Bonchev–Trinajstić information content (AvgIpc) is 2.55. The van der Waals surface area contributed by atoms with E-state index in [4.69, 9.17) is 0 Å². The molecule has 0 bridgehead atoms. The minimum atomic E-state index is 1.20. The first-order chi connectivity index (χ1) is 9.90. The van der Waals surface area contributed by atoms with Gasteiger partial charge in [0, 0.05) is 4.90 Å². The summed E-state index contributed by atoms with van der Waals surface area (Å²) in [5, 5.41) is 0. The Labute approximate surface area is 128 Å². The Morgan fingerprint density at radius 3 is 1.40 bits per heavy atom. The third-order valence-electron chi connectivity index (χ3n) is 3.28. The molecular weight excluding hydrogens is 280 g/mol. The summed E-state index contributed by atoms with van der Waals surface area (Å²) >= 11 is 4.47. The van der Waals surface area contributed by atoms with Gasteiger partial charge in [-0.3, -0.25) is 0 Å². The molecule has 20 heavy (non-hydrogen) atoms. The first kappa shape index (κ1) is 13.3. The van der Waals surface area contributed by atoms with E-state index >= 15 is 0 Å². The number of rotatable bonds is 3.